The maximum Gasteiger partial charge on any atom is 0.274 e. The third-order valence-electron chi connectivity index (χ3n) is 6.77. The Bertz CT molecular complexity index is 1250. The van der Waals surface area contributed by atoms with Crippen LogP contribution in [0.4, 0.5) is 17.6 Å². The molecule has 3 aliphatic rings. The van der Waals surface area contributed by atoms with Crippen molar-refractivity contribution in [2.45, 2.75) is 43.9 Å². The molecule has 0 aliphatic carbocycles. The summed E-state index contributed by atoms with van der Waals surface area (Å²) in [5.74, 6) is -6.36. The highest BCUT2D eigenvalue weighted by molar-refractivity contribution is 6.00. The summed E-state index contributed by atoms with van der Waals surface area (Å²) in [5.41, 5.74) is -4.15. The maximum absolute atomic E-state index is 15.4. The molecule has 0 saturated carbocycles. The van der Waals surface area contributed by atoms with Crippen LogP contribution >= 0.6 is 0 Å². The Kier molecular flexibility index (Phi) is 4.77. The molecule has 33 heavy (non-hydrogen) atoms. The summed E-state index contributed by atoms with van der Waals surface area (Å²) in [6.07, 6.45) is 0.0257. The fourth-order valence-corrected chi connectivity index (χ4v) is 5.35. The monoisotopic (exact) mass is 465 g/mol. The molecular formula is C22H19F4N3O4. The molecule has 1 aromatic heterocycles. The molecule has 2 bridgehead atoms. The first-order chi connectivity index (χ1) is 15.6. The van der Waals surface area contributed by atoms with E-state index in [1.807, 2.05) is 0 Å². The van der Waals surface area contributed by atoms with Gasteiger partial charge in [-0.1, -0.05) is 0 Å². The third-order valence-corrected chi connectivity index (χ3v) is 6.77. The van der Waals surface area contributed by atoms with Crippen LogP contribution in [0, 0.1) is 17.5 Å². The van der Waals surface area contributed by atoms with E-state index in [4.69, 9.17) is 0 Å². The zero-order valence-electron chi connectivity index (χ0n) is 17.3. The molecule has 174 valence electrons. The van der Waals surface area contributed by atoms with Gasteiger partial charge in [-0.3, -0.25) is 14.4 Å². The van der Waals surface area contributed by atoms with Crippen LogP contribution in [0.1, 0.15) is 64.0 Å². The number of aromatic hydroxyl groups is 1. The van der Waals surface area contributed by atoms with E-state index in [1.54, 1.807) is 0 Å². The summed E-state index contributed by atoms with van der Waals surface area (Å²) >= 11 is 0. The van der Waals surface area contributed by atoms with E-state index in [2.05, 4.69) is 5.32 Å². The van der Waals surface area contributed by atoms with Gasteiger partial charge in [0.15, 0.2) is 11.4 Å². The Morgan fingerprint density at radius 2 is 1.88 bits per heavy atom. The van der Waals surface area contributed by atoms with Gasteiger partial charge in [-0.15, -0.1) is 0 Å². The minimum absolute atomic E-state index is 0.0752. The standard InChI is InChI=1S/C22H19F4N3O4/c23-10-5-12(24)11(13(25)6-10)8-27-20(32)15-16-14(26)7-22-3-1-2-4-28(9-22)21(33)17(29(16)22)19(31)18(15)30/h5-6,14,31H,1-4,7-9H2,(H,27,32)/t14-,22-/m0/s1. The number of fused-ring (bicyclic) bond motifs is 1. The number of pyridine rings is 1. The lowest BCUT2D eigenvalue weighted by atomic mass is 9.88. The van der Waals surface area contributed by atoms with Gasteiger partial charge in [0.25, 0.3) is 11.8 Å². The molecule has 1 saturated heterocycles. The number of benzene rings is 1. The number of hydrogen-bond donors (Lipinski definition) is 2. The molecule has 7 nitrogen and oxygen atoms in total. The Morgan fingerprint density at radius 3 is 2.58 bits per heavy atom. The first-order valence-corrected chi connectivity index (χ1v) is 10.5. The molecule has 2 N–H and O–H groups in total. The number of carbonyl (C=O) groups excluding carboxylic acids is 2. The van der Waals surface area contributed by atoms with Gasteiger partial charge in [0.05, 0.1) is 11.2 Å². The normalized spacial score (nSPS) is 23.3. The summed E-state index contributed by atoms with van der Waals surface area (Å²) in [5, 5.41) is 12.8. The minimum atomic E-state index is -1.76. The highest BCUT2D eigenvalue weighted by Gasteiger charge is 2.54. The molecule has 3 aliphatic heterocycles. The van der Waals surface area contributed by atoms with Crippen LogP contribution in [-0.2, 0) is 12.1 Å². The number of nitrogens with one attached hydrogen (secondary N) is 1. The van der Waals surface area contributed by atoms with Crippen molar-refractivity contribution in [3.8, 4) is 5.75 Å². The van der Waals surface area contributed by atoms with Crippen molar-refractivity contribution in [3.63, 3.8) is 0 Å². The lowest BCUT2D eigenvalue weighted by molar-refractivity contribution is 0.0571. The molecule has 2 atom stereocenters. The molecule has 1 spiro atoms. The highest BCUT2D eigenvalue weighted by Crippen LogP contribution is 2.50. The second kappa shape index (κ2) is 7.32. The van der Waals surface area contributed by atoms with E-state index >= 15 is 4.39 Å². The number of halogens is 4. The van der Waals surface area contributed by atoms with Crippen molar-refractivity contribution >= 4 is 11.8 Å². The van der Waals surface area contributed by atoms with E-state index in [1.165, 1.54) is 9.47 Å². The number of amides is 2. The van der Waals surface area contributed by atoms with Gasteiger partial charge in [0.1, 0.15) is 29.2 Å². The molecule has 2 amide bonds. The number of aromatic nitrogens is 1. The zero-order valence-corrected chi connectivity index (χ0v) is 17.3. The van der Waals surface area contributed by atoms with Crippen LogP contribution in [0.2, 0.25) is 0 Å². The van der Waals surface area contributed by atoms with Gasteiger partial charge < -0.3 is 19.9 Å². The van der Waals surface area contributed by atoms with Gasteiger partial charge in [-0.2, -0.15) is 0 Å². The van der Waals surface area contributed by atoms with Gasteiger partial charge in [0.2, 0.25) is 5.43 Å². The average molecular weight is 465 g/mol. The van der Waals surface area contributed by atoms with Crippen LogP contribution in [-0.4, -0.2) is 39.5 Å². The lowest BCUT2D eigenvalue weighted by Gasteiger charge is -2.41. The average Bonchev–Trinajstić information content (AvgIpc) is 2.90. The Morgan fingerprint density at radius 1 is 1.18 bits per heavy atom. The maximum atomic E-state index is 15.4. The second-order valence-corrected chi connectivity index (χ2v) is 8.73. The van der Waals surface area contributed by atoms with Crippen LogP contribution in [0.25, 0.3) is 0 Å². The second-order valence-electron chi connectivity index (χ2n) is 8.73. The molecule has 0 radical (unpaired) electrons. The quantitative estimate of drug-likeness (QED) is 0.682. The topological polar surface area (TPSA) is 91.6 Å². The van der Waals surface area contributed by atoms with Gasteiger partial charge >= 0.3 is 0 Å². The van der Waals surface area contributed by atoms with E-state index in [-0.39, 0.29) is 24.4 Å². The molecule has 11 heteroatoms. The summed E-state index contributed by atoms with van der Waals surface area (Å²) in [6.45, 7) is -0.133. The molecular weight excluding hydrogens is 446 g/mol. The molecule has 0 unspecified atom stereocenters. The number of hydrogen-bond acceptors (Lipinski definition) is 4. The number of rotatable bonds is 3. The summed E-state index contributed by atoms with van der Waals surface area (Å²) in [4.78, 5) is 40.3. The Hall–Kier alpha value is -3.37. The smallest absolute Gasteiger partial charge is 0.274 e. The van der Waals surface area contributed by atoms with Crippen molar-refractivity contribution < 1.29 is 32.3 Å². The minimum Gasteiger partial charge on any atom is -0.503 e. The predicted molar refractivity (Wildman–Crippen MR) is 106 cm³/mol. The summed E-state index contributed by atoms with van der Waals surface area (Å²) < 4.78 is 57.6. The summed E-state index contributed by atoms with van der Waals surface area (Å²) in [6, 6.07) is 0.878. The van der Waals surface area contributed by atoms with Crippen molar-refractivity contribution in [1.82, 2.24) is 14.8 Å². The predicted octanol–water partition coefficient (Wildman–Crippen LogP) is 2.65. The molecule has 1 aromatic carbocycles. The van der Waals surface area contributed by atoms with Gasteiger partial charge in [-0.05, 0) is 19.3 Å². The number of carbonyl (C=O) groups is 2. The first-order valence-electron chi connectivity index (χ1n) is 10.5. The van der Waals surface area contributed by atoms with E-state index in [0.29, 0.717) is 37.9 Å². The van der Waals surface area contributed by atoms with Gasteiger partial charge in [0, 0.05) is 43.8 Å². The highest BCUT2D eigenvalue weighted by atomic mass is 19.1. The largest absolute Gasteiger partial charge is 0.503 e. The Balaban J connectivity index is 1.61. The molecule has 2 aromatic rings. The van der Waals surface area contributed by atoms with Crippen molar-refractivity contribution in [3.05, 3.63) is 62.3 Å². The molecule has 4 heterocycles. The fraction of sp³-hybridized carbons (Fsp3) is 0.409. The fourth-order valence-electron chi connectivity index (χ4n) is 5.35. The van der Waals surface area contributed by atoms with E-state index in [0.717, 1.165) is 0 Å². The molecule has 1 fully saturated rings. The summed E-state index contributed by atoms with van der Waals surface area (Å²) in [7, 11) is 0. The van der Waals surface area contributed by atoms with Crippen molar-refractivity contribution in [1.29, 1.82) is 0 Å². The SMILES string of the molecule is O=C(NCc1c(F)cc(F)cc1F)c1c2n3c(c(O)c1=O)C(=O)N1CCCC[C@]3(C[C@@H]2F)C1. The van der Waals surface area contributed by atoms with Crippen molar-refractivity contribution in [2.24, 2.45) is 0 Å². The first kappa shape index (κ1) is 21.5. The van der Waals surface area contributed by atoms with E-state index in [9.17, 15) is 32.7 Å². The lowest BCUT2D eigenvalue weighted by Crippen LogP contribution is -2.52. The van der Waals surface area contributed by atoms with Crippen LogP contribution in [0.15, 0.2) is 16.9 Å². The number of alkyl halides is 1. The van der Waals surface area contributed by atoms with Crippen molar-refractivity contribution in [2.75, 3.05) is 13.1 Å². The zero-order chi connectivity index (χ0) is 23.7. The number of nitrogens with zero attached hydrogens (tertiary/aromatic N) is 2. The third kappa shape index (κ3) is 3.05. The van der Waals surface area contributed by atoms with Crippen LogP contribution < -0.4 is 10.7 Å². The van der Waals surface area contributed by atoms with E-state index < -0.39 is 69.8 Å². The Labute approximate surface area is 184 Å². The van der Waals surface area contributed by atoms with Crippen LogP contribution in [0.5, 0.6) is 5.75 Å². The molecule has 5 rings (SSSR count). The van der Waals surface area contributed by atoms with Crippen LogP contribution in [0.3, 0.4) is 0 Å². The van der Waals surface area contributed by atoms with Gasteiger partial charge in [-0.25, -0.2) is 17.6 Å².